The van der Waals surface area contributed by atoms with Gasteiger partial charge in [0.15, 0.2) is 0 Å². The molecule has 0 amide bonds. The SMILES string of the molecule is CCCCCCCCCCCC(N)c1ccccc1Cl. The van der Waals surface area contributed by atoms with Crippen LogP contribution in [0.1, 0.15) is 82.7 Å². The second-order valence-electron chi connectivity index (χ2n) is 5.75. The molecule has 1 unspecified atom stereocenters. The molecule has 1 rings (SSSR count). The maximum absolute atomic E-state index is 6.21. The van der Waals surface area contributed by atoms with Crippen LogP contribution in [0.15, 0.2) is 24.3 Å². The molecule has 1 nitrogen and oxygen atoms in total. The van der Waals surface area contributed by atoms with E-state index in [4.69, 9.17) is 17.3 Å². The first-order valence-electron chi connectivity index (χ1n) is 8.25. The lowest BCUT2D eigenvalue weighted by Crippen LogP contribution is -2.10. The van der Waals surface area contributed by atoms with Gasteiger partial charge in [-0.1, -0.05) is 94.5 Å². The van der Waals surface area contributed by atoms with Crippen LogP contribution in [0.25, 0.3) is 0 Å². The van der Waals surface area contributed by atoms with Crippen LogP contribution in [-0.4, -0.2) is 0 Å². The third-order valence-corrected chi connectivity index (χ3v) is 4.27. The normalized spacial score (nSPS) is 12.6. The first kappa shape index (κ1) is 17.5. The number of hydrogen-bond donors (Lipinski definition) is 1. The Bertz CT molecular complexity index is 351. The van der Waals surface area contributed by atoms with E-state index in [2.05, 4.69) is 6.92 Å². The summed E-state index contributed by atoms with van der Waals surface area (Å²) in [5.74, 6) is 0. The summed E-state index contributed by atoms with van der Waals surface area (Å²) in [6.45, 7) is 2.27. The molecule has 1 aromatic carbocycles. The lowest BCUT2D eigenvalue weighted by atomic mass is 10.00. The van der Waals surface area contributed by atoms with Gasteiger partial charge in [0.05, 0.1) is 0 Å². The summed E-state index contributed by atoms with van der Waals surface area (Å²) < 4.78 is 0. The summed E-state index contributed by atoms with van der Waals surface area (Å²) in [5, 5.41) is 0.802. The highest BCUT2D eigenvalue weighted by Crippen LogP contribution is 2.24. The maximum atomic E-state index is 6.21. The van der Waals surface area contributed by atoms with Gasteiger partial charge in [-0.25, -0.2) is 0 Å². The molecular weight excluding hydrogens is 266 g/mol. The fraction of sp³-hybridized carbons (Fsp3) is 0.667. The molecule has 0 aliphatic carbocycles. The third-order valence-electron chi connectivity index (χ3n) is 3.92. The van der Waals surface area contributed by atoms with Crippen LogP contribution < -0.4 is 5.73 Å². The average Bonchev–Trinajstić information content (AvgIpc) is 2.46. The summed E-state index contributed by atoms with van der Waals surface area (Å²) >= 11 is 6.16. The molecule has 0 aromatic heterocycles. The highest BCUT2D eigenvalue weighted by molar-refractivity contribution is 6.31. The molecule has 0 aliphatic rings. The minimum Gasteiger partial charge on any atom is -0.324 e. The number of benzene rings is 1. The summed E-state index contributed by atoms with van der Waals surface area (Å²) in [4.78, 5) is 0. The lowest BCUT2D eigenvalue weighted by molar-refractivity contribution is 0.532. The molecule has 1 aromatic rings. The molecule has 2 heteroatoms. The van der Waals surface area contributed by atoms with Crippen molar-refractivity contribution in [2.45, 2.75) is 77.2 Å². The molecule has 0 spiro atoms. The molecule has 114 valence electrons. The lowest BCUT2D eigenvalue weighted by Gasteiger charge is -2.13. The molecule has 0 saturated carbocycles. The van der Waals surface area contributed by atoms with Gasteiger partial charge in [-0.05, 0) is 18.1 Å². The molecule has 20 heavy (non-hydrogen) atoms. The zero-order valence-electron chi connectivity index (χ0n) is 12.9. The fourth-order valence-corrected chi connectivity index (χ4v) is 2.88. The molecule has 0 fully saturated rings. The van der Waals surface area contributed by atoms with Crippen LogP contribution in [0.2, 0.25) is 5.02 Å². The average molecular weight is 296 g/mol. The monoisotopic (exact) mass is 295 g/mol. The Morgan fingerprint density at radius 2 is 1.45 bits per heavy atom. The number of unbranched alkanes of at least 4 members (excludes halogenated alkanes) is 8. The van der Waals surface area contributed by atoms with E-state index in [1.54, 1.807) is 0 Å². The smallest absolute Gasteiger partial charge is 0.0453 e. The first-order chi connectivity index (χ1) is 9.75. The largest absolute Gasteiger partial charge is 0.324 e. The van der Waals surface area contributed by atoms with E-state index in [0.29, 0.717) is 0 Å². The summed E-state index contributed by atoms with van der Waals surface area (Å²) in [5.41, 5.74) is 7.30. The van der Waals surface area contributed by atoms with Gasteiger partial charge >= 0.3 is 0 Å². The molecule has 0 bridgehead atoms. The predicted molar refractivity (Wildman–Crippen MR) is 90.2 cm³/mol. The van der Waals surface area contributed by atoms with Crippen molar-refractivity contribution in [1.82, 2.24) is 0 Å². The van der Waals surface area contributed by atoms with Gasteiger partial charge in [-0.15, -0.1) is 0 Å². The number of hydrogen-bond acceptors (Lipinski definition) is 1. The topological polar surface area (TPSA) is 26.0 Å². The van der Waals surface area contributed by atoms with E-state index in [1.807, 2.05) is 24.3 Å². The quantitative estimate of drug-likeness (QED) is 0.479. The first-order valence-corrected chi connectivity index (χ1v) is 8.63. The molecule has 0 radical (unpaired) electrons. The molecule has 2 N–H and O–H groups in total. The molecule has 0 saturated heterocycles. The van der Waals surface area contributed by atoms with Crippen LogP contribution in [0.4, 0.5) is 0 Å². The summed E-state index contributed by atoms with van der Waals surface area (Å²) in [6, 6.07) is 8.02. The van der Waals surface area contributed by atoms with Gasteiger partial charge in [-0.3, -0.25) is 0 Å². The van der Waals surface area contributed by atoms with Crippen molar-refractivity contribution in [1.29, 1.82) is 0 Å². The Labute approximate surface area is 129 Å². The van der Waals surface area contributed by atoms with Crippen molar-refractivity contribution < 1.29 is 0 Å². The molecule has 1 atom stereocenters. The van der Waals surface area contributed by atoms with Gasteiger partial charge in [0, 0.05) is 11.1 Å². The van der Waals surface area contributed by atoms with Gasteiger partial charge in [0.2, 0.25) is 0 Å². The maximum Gasteiger partial charge on any atom is 0.0453 e. The molecule has 0 aliphatic heterocycles. The van der Waals surface area contributed by atoms with Crippen LogP contribution in [-0.2, 0) is 0 Å². The second-order valence-corrected chi connectivity index (χ2v) is 6.15. The molecule has 0 heterocycles. The van der Waals surface area contributed by atoms with Gasteiger partial charge in [-0.2, -0.15) is 0 Å². The van der Waals surface area contributed by atoms with E-state index in [1.165, 1.54) is 57.8 Å². The fourth-order valence-electron chi connectivity index (χ4n) is 2.61. The van der Waals surface area contributed by atoms with Crippen LogP contribution in [0, 0.1) is 0 Å². The zero-order valence-corrected chi connectivity index (χ0v) is 13.7. The van der Waals surface area contributed by atoms with Crippen LogP contribution in [0.3, 0.4) is 0 Å². The highest BCUT2D eigenvalue weighted by atomic mass is 35.5. The Morgan fingerprint density at radius 3 is 2.05 bits per heavy atom. The number of halogens is 1. The van der Waals surface area contributed by atoms with Gasteiger partial charge in [0.1, 0.15) is 0 Å². The minimum atomic E-state index is 0.0910. The van der Waals surface area contributed by atoms with Crippen molar-refractivity contribution in [2.75, 3.05) is 0 Å². The Balaban J connectivity index is 2.03. The Hall–Kier alpha value is -0.530. The number of rotatable bonds is 11. The van der Waals surface area contributed by atoms with Gasteiger partial charge in [0.25, 0.3) is 0 Å². The van der Waals surface area contributed by atoms with Gasteiger partial charge < -0.3 is 5.73 Å². The third kappa shape index (κ3) is 7.31. The standard InChI is InChI=1S/C18H30ClN/c1-2-3-4-5-6-7-8-9-10-15-18(20)16-13-11-12-14-17(16)19/h11-14,18H,2-10,15,20H2,1H3. The summed E-state index contributed by atoms with van der Waals surface area (Å²) in [6.07, 6.45) is 13.2. The van der Waals surface area contributed by atoms with E-state index >= 15 is 0 Å². The van der Waals surface area contributed by atoms with Crippen LogP contribution >= 0.6 is 11.6 Å². The zero-order chi connectivity index (χ0) is 14.6. The summed E-state index contributed by atoms with van der Waals surface area (Å²) in [7, 11) is 0. The van der Waals surface area contributed by atoms with E-state index in [9.17, 15) is 0 Å². The van der Waals surface area contributed by atoms with Crippen molar-refractivity contribution in [3.63, 3.8) is 0 Å². The minimum absolute atomic E-state index is 0.0910. The van der Waals surface area contributed by atoms with Crippen molar-refractivity contribution in [3.05, 3.63) is 34.9 Å². The van der Waals surface area contributed by atoms with E-state index < -0.39 is 0 Å². The highest BCUT2D eigenvalue weighted by Gasteiger charge is 2.08. The van der Waals surface area contributed by atoms with Crippen molar-refractivity contribution in [3.8, 4) is 0 Å². The predicted octanol–water partition coefficient (Wildman–Crippen LogP) is 6.26. The Morgan fingerprint density at radius 1 is 0.900 bits per heavy atom. The van der Waals surface area contributed by atoms with E-state index in [0.717, 1.165) is 17.0 Å². The molecular formula is C18H30ClN. The Kier molecular flexibility index (Phi) is 9.78. The van der Waals surface area contributed by atoms with E-state index in [-0.39, 0.29) is 6.04 Å². The number of nitrogens with two attached hydrogens (primary N) is 1. The van der Waals surface area contributed by atoms with Crippen molar-refractivity contribution >= 4 is 11.6 Å². The second kappa shape index (κ2) is 11.2. The van der Waals surface area contributed by atoms with Crippen LogP contribution in [0.5, 0.6) is 0 Å². The van der Waals surface area contributed by atoms with Crippen molar-refractivity contribution in [2.24, 2.45) is 5.73 Å².